The number of nitrogens with zero attached hydrogens (tertiary/aromatic N) is 1. The molecule has 0 amide bonds. The second-order valence-corrected chi connectivity index (χ2v) is 7.49. The van der Waals surface area contributed by atoms with Crippen molar-refractivity contribution in [1.82, 2.24) is 0 Å². The van der Waals surface area contributed by atoms with Crippen LogP contribution in [0, 0.1) is 13.8 Å². The Balaban J connectivity index is 1.92. The molecule has 5 nitrogen and oxygen atoms in total. The molecule has 0 saturated carbocycles. The van der Waals surface area contributed by atoms with Crippen LogP contribution in [-0.2, 0) is 10.0 Å². The first-order valence-corrected chi connectivity index (χ1v) is 8.93. The molecule has 1 N–H and O–H groups in total. The SMILES string of the molecule is Cc1ccc(NS(=O)(=O)c2ccc3c(c2)OCCN3C)cc1C. The number of fused-ring (bicyclic) bond motifs is 1. The van der Waals surface area contributed by atoms with Crippen molar-refractivity contribution in [2.45, 2.75) is 18.7 Å². The highest BCUT2D eigenvalue weighted by atomic mass is 32.2. The van der Waals surface area contributed by atoms with Crippen LogP contribution in [0.5, 0.6) is 5.75 Å². The van der Waals surface area contributed by atoms with E-state index in [-0.39, 0.29) is 4.90 Å². The summed E-state index contributed by atoms with van der Waals surface area (Å²) < 4.78 is 33.4. The Bertz CT molecular complexity index is 847. The molecule has 0 aliphatic carbocycles. The van der Waals surface area contributed by atoms with Gasteiger partial charge in [-0.1, -0.05) is 6.07 Å². The Labute approximate surface area is 136 Å². The highest BCUT2D eigenvalue weighted by molar-refractivity contribution is 7.92. The molecule has 0 bridgehead atoms. The fourth-order valence-corrected chi connectivity index (χ4v) is 3.59. The number of nitrogens with one attached hydrogen (secondary N) is 1. The number of rotatable bonds is 3. The van der Waals surface area contributed by atoms with Gasteiger partial charge < -0.3 is 9.64 Å². The molecular formula is C17H20N2O3S. The third kappa shape index (κ3) is 3.12. The van der Waals surface area contributed by atoms with E-state index in [4.69, 9.17) is 4.74 Å². The number of hydrogen-bond acceptors (Lipinski definition) is 4. The predicted molar refractivity (Wildman–Crippen MR) is 91.9 cm³/mol. The highest BCUT2D eigenvalue weighted by Crippen LogP contribution is 2.33. The molecule has 1 aliphatic rings. The van der Waals surface area contributed by atoms with Crippen molar-refractivity contribution in [3.8, 4) is 5.75 Å². The molecule has 1 aliphatic heterocycles. The van der Waals surface area contributed by atoms with Gasteiger partial charge in [0, 0.05) is 18.8 Å². The van der Waals surface area contributed by atoms with E-state index in [0.29, 0.717) is 18.0 Å². The fraction of sp³-hybridized carbons (Fsp3) is 0.294. The first-order chi connectivity index (χ1) is 10.9. The van der Waals surface area contributed by atoms with E-state index < -0.39 is 10.0 Å². The molecule has 1 heterocycles. The molecule has 0 unspecified atom stereocenters. The van der Waals surface area contributed by atoms with Crippen molar-refractivity contribution in [2.24, 2.45) is 0 Å². The summed E-state index contributed by atoms with van der Waals surface area (Å²) in [5, 5.41) is 0. The molecule has 0 radical (unpaired) electrons. The Morgan fingerprint density at radius 3 is 2.61 bits per heavy atom. The van der Waals surface area contributed by atoms with E-state index in [1.54, 1.807) is 24.3 Å². The molecule has 0 spiro atoms. The summed E-state index contributed by atoms with van der Waals surface area (Å²) in [4.78, 5) is 2.25. The zero-order valence-electron chi connectivity index (χ0n) is 13.5. The summed E-state index contributed by atoms with van der Waals surface area (Å²) in [6.07, 6.45) is 0. The molecule has 0 atom stereocenters. The van der Waals surface area contributed by atoms with Gasteiger partial charge in [0.15, 0.2) is 0 Å². The average Bonchev–Trinajstić information content (AvgIpc) is 2.51. The normalized spacial score (nSPS) is 14.1. The Hall–Kier alpha value is -2.21. The minimum Gasteiger partial charge on any atom is -0.490 e. The van der Waals surface area contributed by atoms with Gasteiger partial charge >= 0.3 is 0 Å². The van der Waals surface area contributed by atoms with Gasteiger partial charge in [-0.15, -0.1) is 0 Å². The molecule has 2 aromatic carbocycles. The van der Waals surface area contributed by atoms with Crippen molar-refractivity contribution >= 4 is 21.4 Å². The number of ether oxygens (including phenoxy) is 1. The maximum Gasteiger partial charge on any atom is 0.262 e. The largest absolute Gasteiger partial charge is 0.490 e. The summed E-state index contributed by atoms with van der Waals surface area (Å²) in [6.45, 7) is 5.29. The predicted octanol–water partition coefficient (Wildman–Crippen LogP) is 2.93. The van der Waals surface area contributed by atoms with Crippen LogP contribution >= 0.6 is 0 Å². The standard InChI is InChI=1S/C17H20N2O3S/c1-12-4-5-14(10-13(12)2)18-23(20,21)15-6-7-16-17(11-15)22-9-8-19(16)3/h4-7,10-11,18H,8-9H2,1-3H3. The maximum atomic E-state index is 12.6. The van der Waals surface area contributed by atoms with Crippen molar-refractivity contribution in [2.75, 3.05) is 29.8 Å². The van der Waals surface area contributed by atoms with E-state index in [0.717, 1.165) is 23.4 Å². The van der Waals surface area contributed by atoms with Crippen molar-refractivity contribution in [3.05, 3.63) is 47.5 Å². The van der Waals surface area contributed by atoms with Gasteiger partial charge in [0.25, 0.3) is 10.0 Å². The summed E-state index contributed by atoms with van der Waals surface area (Å²) in [5.74, 6) is 0.599. The third-order valence-electron chi connectivity index (χ3n) is 4.10. The lowest BCUT2D eigenvalue weighted by Crippen LogP contribution is -2.29. The van der Waals surface area contributed by atoms with Gasteiger partial charge in [-0.05, 0) is 49.2 Å². The summed E-state index contributed by atoms with van der Waals surface area (Å²) in [5.41, 5.74) is 3.63. The molecule has 122 valence electrons. The van der Waals surface area contributed by atoms with Gasteiger partial charge in [0.05, 0.1) is 17.1 Å². The van der Waals surface area contributed by atoms with Crippen molar-refractivity contribution < 1.29 is 13.2 Å². The zero-order chi connectivity index (χ0) is 16.6. The van der Waals surface area contributed by atoms with Crippen LogP contribution < -0.4 is 14.4 Å². The van der Waals surface area contributed by atoms with E-state index >= 15 is 0 Å². The molecule has 23 heavy (non-hydrogen) atoms. The van der Waals surface area contributed by atoms with Gasteiger partial charge in [-0.25, -0.2) is 8.42 Å². The van der Waals surface area contributed by atoms with Crippen LogP contribution in [0.15, 0.2) is 41.3 Å². The molecule has 2 aromatic rings. The monoisotopic (exact) mass is 332 g/mol. The number of likely N-dealkylation sites (N-methyl/N-ethyl adjacent to an activating group) is 1. The van der Waals surface area contributed by atoms with Crippen LogP contribution in [0.25, 0.3) is 0 Å². The fourth-order valence-electron chi connectivity index (χ4n) is 2.52. The minimum absolute atomic E-state index is 0.199. The zero-order valence-corrected chi connectivity index (χ0v) is 14.3. The molecule has 6 heteroatoms. The Kier molecular flexibility index (Phi) is 3.93. The van der Waals surface area contributed by atoms with Crippen LogP contribution in [0.3, 0.4) is 0 Å². The van der Waals surface area contributed by atoms with Crippen molar-refractivity contribution in [1.29, 1.82) is 0 Å². The van der Waals surface area contributed by atoms with Crippen molar-refractivity contribution in [3.63, 3.8) is 0 Å². The molecule has 0 aromatic heterocycles. The maximum absolute atomic E-state index is 12.6. The third-order valence-corrected chi connectivity index (χ3v) is 5.48. The van der Waals surface area contributed by atoms with E-state index in [2.05, 4.69) is 4.72 Å². The molecule has 0 fully saturated rings. The quantitative estimate of drug-likeness (QED) is 0.939. The first kappa shape index (κ1) is 15.7. The Morgan fingerprint density at radius 1 is 1.09 bits per heavy atom. The Morgan fingerprint density at radius 2 is 1.87 bits per heavy atom. The number of anilines is 2. The summed E-state index contributed by atoms with van der Waals surface area (Å²) in [6, 6.07) is 10.5. The highest BCUT2D eigenvalue weighted by Gasteiger charge is 2.20. The van der Waals surface area contributed by atoms with Crippen LogP contribution in [0.1, 0.15) is 11.1 Å². The first-order valence-electron chi connectivity index (χ1n) is 7.45. The number of aryl methyl sites for hydroxylation is 2. The van der Waals surface area contributed by atoms with E-state index in [9.17, 15) is 8.42 Å². The van der Waals surface area contributed by atoms with Crippen LogP contribution in [0.2, 0.25) is 0 Å². The lowest BCUT2D eigenvalue weighted by atomic mass is 10.1. The second-order valence-electron chi connectivity index (χ2n) is 5.80. The number of benzene rings is 2. The van der Waals surface area contributed by atoms with Gasteiger partial charge in [-0.3, -0.25) is 4.72 Å². The number of sulfonamides is 1. The lowest BCUT2D eigenvalue weighted by molar-refractivity contribution is 0.310. The molecule has 0 saturated heterocycles. The minimum atomic E-state index is -3.64. The summed E-state index contributed by atoms with van der Waals surface area (Å²) >= 11 is 0. The van der Waals surface area contributed by atoms with Crippen LogP contribution in [0.4, 0.5) is 11.4 Å². The average molecular weight is 332 g/mol. The topological polar surface area (TPSA) is 58.6 Å². The molecular weight excluding hydrogens is 312 g/mol. The second kappa shape index (κ2) is 5.77. The molecule has 3 rings (SSSR count). The van der Waals surface area contributed by atoms with Gasteiger partial charge in [0.1, 0.15) is 12.4 Å². The van der Waals surface area contributed by atoms with Gasteiger partial charge in [0.2, 0.25) is 0 Å². The van der Waals surface area contributed by atoms with E-state index in [1.807, 2.05) is 37.9 Å². The lowest BCUT2D eigenvalue weighted by Gasteiger charge is -2.27. The van der Waals surface area contributed by atoms with Crippen LogP contribution in [-0.4, -0.2) is 28.6 Å². The van der Waals surface area contributed by atoms with Gasteiger partial charge in [-0.2, -0.15) is 0 Å². The summed E-state index contributed by atoms with van der Waals surface area (Å²) in [7, 11) is -1.68. The van der Waals surface area contributed by atoms with E-state index in [1.165, 1.54) is 0 Å². The smallest absolute Gasteiger partial charge is 0.262 e. The number of hydrogen-bond donors (Lipinski definition) is 1.